The maximum Gasteiger partial charge on any atom is 0.313 e. The maximum absolute atomic E-state index is 11.1. The lowest BCUT2D eigenvalue weighted by atomic mass is 10.1. The van der Waals surface area contributed by atoms with E-state index < -0.39 is 21.6 Å². The Kier molecular flexibility index (Phi) is 5.56. The Bertz CT molecular complexity index is 223. The summed E-state index contributed by atoms with van der Waals surface area (Å²) in [5.74, 6) is -2.58. The Morgan fingerprint density at radius 2 is 1.71 bits per heavy atom. The lowest BCUT2D eigenvalue weighted by Crippen LogP contribution is -2.31. The number of alkyl halides is 3. The quantitative estimate of drug-likeness (QED) is 0.574. The van der Waals surface area contributed by atoms with E-state index in [1.54, 1.807) is 0 Å². The van der Waals surface area contributed by atoms with Crippen molar-refractivity contribution in [3.8, 4) is 0 Å². The van der Waals surface area contributed by atoms with Gasteiger partial charge < -0.3 is 9.47 Å². The molecule has 1 atom stereocenters. The highest BCUT2D eigenvalue weighted by Crippen LogP contribution is 2.37. The predicted octanol–water partition coefficient (Wildman–Crippen LogP) is 1.71. The van der Waals surface area contributed by atoms with Crippen LogP contribution in [0, 0.1) is 5.92 Å². The van der Waals surface area contributed by atoms with Crippen LogP contribution in [0.2, 0.25) is 0 Å². The smallest absolute Gasteiger partial charge is 0.313 e. The zero-order valence-electron chi connectivity index (χ0n) is 7.55. The molecule has 14 heavy (non-hydrogen) atoms. The third-order valence-electron chi connectivity index (χ3n) is 1.48. The van der Waals surface area contributed by atoms with Crippen LogP contribution < -0.4 is 0 Å². The van der Waals surface area contributed by atoms with E-state index >= 15 is 0 Å². The van der Waals surface area contributed by atoms with Crippen molar-refractivity contribution in [3.63, 3.8) is 0 Å². The summed E-state index contributed by atoms with van der Waals surface area (Å²) >= 11 is 16.5. The molecule has 0 saturated carbocycles. The summed E-state index contributed by atoms with van der Waals surface area (Å²) in [4.78, 5) is 22.0. The summed E-state index contributed by atoms with van der Waals surface area (Å²) < 4.78 is 6.84. The molecule has 0 saturated heterocycles. The molecule has 0 aliphatic heterocycles. The van der Waals surface area contributed by atoms with Crippen LogP contribution in [0.1, 0.15) is 6.42 Å². The van der Waals surface area contributed by atoms with Gasteiger partial charge >= 0.3 is 11.9 Å². The standard InChI is InChI=1S/C7H9Cl3O4/c1-13-5(11)3-4(6(12)14-2)7(8,9)10/h4H,3H2,1-2H3/t4-/m1/s1. The summed E-state index contributed by atoms with van der Waals surface area (Å²) in [5, 5.41) is 0. The van der Waals surface area contributed by atoms with Gasteiger partial charge in [-0.25, -0.2) is 0 Å². The fourth-order valence-electron chi connectivity index (χ4n) is 0.725. The van der Waals surface area contributed by atoms with Gasteiger partial charge in [-0.15, -0.1) is 0 Å². The van der Waals surface area contributed by atoms with Gasteiger partial charge in [0.25, 0.3) is 0 Å². The van der Waals surface area contributed by atoms with Crippen LogP contribution in [-0.4, -0.2) is 30.0 Å². The fourth-order valence-corrected chi connectivity index (χ4v) is 1.22. The topological polar surface area (TPSA) is 52.6 Å². The molecule has 0 fully saturated rings. The molecule has 0 aliphatic rings. The van der Waals surface area contributed by atoms with Crippen LogP contribution in [0.4, 0.5) is 0 Å². The second-order valence-electron chi connectivity index (χ2n) is 2.40. The van der Waals surface area contributed by atoms with Crippen molar-refractivity contribution in [1.82, 2.24) is 0 Å². The van der Waals surface area contributed by atoms with E-state index in [1.165, 1.54) is 7.11 Å². The number of rotatable bonds is 3. The molecule has 7 heteroatoms. The number of carbonyl (C=O) groups excluding carboxylic acids is 2. The SMILES string of the molecule is COC(=O)C[C@H](C(=O)OC)C(Cl)(Cl)Cl. The first kappa shape index (κ1) is 13.8. The van der Waals surface area contributed by atoms with E-state index in [2.05, 4.69) is 9.47 Å². The van der Waals surface area contributed by atoms with Gasteiger partial charge in [-0.3, -0.25) is 9.59 Å². The number of hydrogen-bond donors (Lipinski definition) is 0. The molecule has 0 heterocycles. The minimum absolute atomic E-state index is 0.334. The van der Waals surface area contributed by atoms with Crippen LogP contribution in [0.25, 0.3) is 0 Å². The van der Waals surface area contributed by atoms with Crippen molar-refractivity contribution >= 4 is 46.7 Å². The predicted molar refractivity (Wildman–Crippen MR) is 52.4 cm³/mol. The maximum atomic E-state index is 11.1. The molecule has 0 rings (SSSR count). The minimum Gasteiger partial charge on any atom is -0.469 e. The summed E-state index contributed by atoms with van der Waals surface area (Å²) in [5.41, 5.74) is 0. The van der Waals surface area contributed by atoms with E-state index in [0.717, 1.165) is 7.11 Å². The molecule has 4 nitrogen and oxygen atoms in total. The summed E-state index contributed by atoms with van der Waals surface area (Å²) in [6, 6.07) is 0. The highest BCUT2D eigenvalue weighted by atomic mass is 35.6. The largest absolute Gasteiger partial charge is 0.469 e. The van der Waals surface area contributed by atoms with E-state index in [9.17, 15) is 9.59 Å². The average molecular weight is 264 g/mol. The van der Waals surface area contributed by atoms with Gasteiger partial charge in [-0.05, 0) is 0 Å². The Balaban J connectivity index is 4.58. The highest BCUT2D eigenvalue weighted by Gasteiger charge is 2.41. The van der Waals surface area contributed by atoms with E-state index in [-0.39, 0.29) is 6.42 Å². The molecule has 0 radical (unpaired) electrons. The number of hydrogen-bond acceptors (Lipinski definition) is 4. The first-order valence-electron chi connectivity index (χ1n) is 3.54. The Morgan fingerprint density at radius 1 is 1.21 bits per heavy atom. The molecule has 0 spiro atoms. The van der Waals surface area contributed by atoms with E-state index in [1.807, 2.05) is 0 Å². The molecular weight excluding hydrogens is 254 g/mol. The monoisotopic (exact) mass is 262 g/mol. The van der Waals surface area contributed by atoms with Gasteiger partial charge in [0.15, 0.2) is 0 Å². The molecule has 0 N–H and O–H groups in total. The second-order valence-corrected chi connectivity index (χ2v) is 4.77. The van der Waals surface area contributed by atoms with Gasteiger partial charge in [-0.1, -0.05) is 34.8 Å². The van der Waals surface area contributed by atoms with Crippen molar-refractivity contribution in [3.05, 3.63) is 0 Å². The van der Waals surface area contributed by atoms with Crippen LogP contribution in [-0.2, 0) is 19.1 Å². The number of carbonyl (C=O) groups is 2. The molecule has 0 aromatic rings. The van der Waals surface area contributed by atoms with Gasteiger partial charge in [0.2, 0.25) is 3.79 Å². The molecule has 0 aromatic heterocycles. The van der Waals surface area contributed by atoms with Crippen LogP contribution in [0.15, 0.2) is 0 Å². The Labute approximate surface area is 96.4 Å². The number of ether oxygens (including phenoxy) is 2. The van der Waals surface area contributed by atoms with Crippen molar-refractivity contribution in [2.24, 2.45) is 5.92 Å². The average Bonchev–Trinajstić information content (AvgIpc) is 2.10. The van der Waals surface area contributed by atoms with Gasteiger partial charge in [0.1, 0.15) is 5.92 Å². The van der Waals surface area contributed by atoms with E-state index in [4.69, 9.17) is 34.8 Å². The van der Waals surface area contributed by atoms with Crippen molar-refractivity contribution in [1.29, 1.82) is 0 Å². The second kappa shape index (κ2) is 5.63. The number of esters is 2. The summed E-state index contributed by atoms with van der Waals surface area (Å²) in [6.07, 6.45) is -0.334. The molecule has 82 valence electrons. The first-order valence-corrected chi connectivity index (χ1v) is 4.67. The van der Waals surface area contributed by atoms with Crippen molar-refractivity contribution in [2.45, 2.75) is 10.2 Å². The molecule has 0 aliphatic carbocycles. The van der Waals surface area contributed by atoms with Gasteiger partial charge in [0.05, 0.1) is 20.6 Å². The molecule has 0 aromatic carbocycles. The molecule has 0 bridgehead atoms. The highest BCUT2D eigenvalue weighted by molar-refractivity contribution is 6.68. The van der Waals surface area contributed by atoms with Crippen LogP contribution in [0.3, 0.4) is 0 Å². The fraction of sp³-hybridized carbons (Fsp3) is 0.714. The molecular formula is C7H9Cl3O4. The zero-order valence-corrected chi connectivity index (χ0v) is 9.82. The van der Waals surface area contributed by atoms with Gasteiger partial charge in [0, 0.05) is 0 Å². The molecule has 0 unspecified atom stereocenters. The van der Waals surface area contributed by atoms with Crippen molar-refractivity contribution < 1.29 is 19.1 Å². The van der Waals surface area contributed by atoms with Gasteiger partial charge in [-0.2, -0.15) is 0 Å². The lowest BCUT2D eigenvalue weighted by molar-refractivity contribution is -0.151. The summed E-state index contributed by atoms with van der Waals surface area (Å²) in [6.45, 7) is 0. The van der Waals surface area contributed by atoms with Crippen LogP contribution in [0.5, 0.6) is 0 Å². The minimum atomic E-state index is -1.89. The summed E-state index contributed by atoms with van der Waals surface area (Å²) in [7, 11) is 2.32. The third kappa shape index (κ3) is 4.35. The van der Waals surface area contributed by atoms with Crippen LogP contribution >= 0.6 is 34.8 Å². The first-order chi connectivity index (χ1) is 6.32. The number of halogens is 3. The van der Waals surface area contributed by atoms with E-state index in [0.29, 0.717) is 0 Å². The Morgan fingerprint density at radius 3 is 2.00 bits per heavy atom. The zero-order chi connectivity index (χ0) is 11.4. The third-order valence-corrected chi connectivity index (χ3v) is 2.27. The van der Waals surface area contributed by atoms with Crippen molar-refractivity contribution in [2.75, 3.05) is 14.2 Å². The Hall–Kier alpha value is -0.190. The lowest BCUT2D eigenvalue weighted by Gasteiger charge is -2.20. The molecule has 0 amide bonds. The number of methoxy groups -OCH3 is 2. The normalized spacial score (nSPS) is 13.2.